The van der Waals surface area contributed by atoms with Crippen molar-refractivity contribution in [3.63, 3.8) is 0 Å². The summed E-state index contributed by atoms with van der Waals surface area (Å²) in [4.78, 5) is 16.6. The fraction of sp³-hybridized carbons (Fsp3) is 0.300. The molecule has 1 heterocycles. The van der Waals surface area contributed by atoms with Crippen LogP contribution in [0, 0.1) is 5.92 Å². The SMILES string of the molecule is O=C(Nc1ccc(-c2nc3ccccc3n2C(F)F)cc1)C1CCCC1. The van der Waals surface area contributed by atoms with E-state index in [0.29, 0.717) is 22.3 Å². The number of nitrogens with zero attached hydrogens (tertiary/aromatic N) is 2. The second-order valence-corrected chi connectivity index (χ2v) is 6.62. The number of hydrogen-bond acceptors (Lipinski definition) is 2. The van der Waals surface area contributed by atoms with Gasteiger partial charge >= 0.3 is 6.55 Å². The normalized spacial score (nSPS) is 15.0. The minimum Gasteiger partial charge on any atom is -0.326 e. The van der Waals surface area contributed by atoms with Crippen LogP contribution in [0.2, 0.25) is 0 Å². The molecule has 1 aromatic heterocycles. The zero-order chi connectivity index (χ0) is 18.1. The van der Waals surface area contributed by atoms with Crippen molar-refractivity contribution in [3.8, 4) is 11.4 Å². The van der Waals surface area contributed by atoms with Gasteiger partial charge in [-0.05, 0) is 49.2 Å². The number of benzene rings is 2. The number of rotatable bonds is 4. The van der Waals surface area contributed by atoms with E-state index in [1.54, 1.807) is 48.5 Å². The molecule has 0 saturated heterocycles. The maximum Gasteiger partial charge on any atom is 0.320 e. The van der Waals surface area contributed by atoms with Gasteiger partial charge in [0.2, 0.25) is 5.91 Å². The maximum absolute atomic E-state index is 13.6. The number of para-hydroxylation sites is 2. The lowest BCUT2D eigenvalue weighted by molar-refractivity contribution is -0.119. The maximum atomic E-state index is 13.6. The van der Waals surface area contributed by atoms with Gasteiger partial charge in [0.05, 0.1) is 11.0 Å². The zero-order valence-corrected chi connectivity index (χ0v) is 14.2. The summed E-state index contributed by atoms with van der Waals surface area (Å²) < 4.78 is 28.1. The van der Waals surface area contributed by atoms with Crippen molar-refractivity contribution in [2.24, 2.45) is 5.92 Å². The summed E-state index contributed by atoms with van der Waals surface area (Å²) in [6.45, 7) is -2.68. The molecule has 0 radical (unpaired) electrons. The molecule has 0 unspecified atom stereocenters. The third-order valence-corrected chi connectivity index (χ3v) is 4.93. The number of aromatic nitrogens is 2. The van der Waals surface area contributed by atoms with E-state index in [-0.39, 0.29) is 17.6 Å². The van der Waals surface area contributed by atoms with Gasteiger partial charge in [-0.3, -0.25) is 9.36 Å². The van der Waals surface area contributed by atoms with Crippen LogP contribution in [0.25, 0.3) is 22.4 Å². The van der Waals surface area contributed by atoms with Gasteiger partial charge in [0, 0.05) is 17.2 Å². The van der Waals surface area contributed by atoms with E-state index in [9.17, 15) is 13.6 Å². The first kappa shape index (κ1) is 16.7. The zero-order valence-electron chi connectivity index (χ0n) is 14.2. The number of hydrogen-bond donors (Lipinski definition) is 1. The number of carbonyl (C=O) groups excluding carboxylic acids is 1. The number of fused-ring (bicyclic) bond motifs is 1. The molecule has 4 rings (SSSR count). The fourth-order valence-electron chi connectivity index (χ4n) is 3.58. The van der Waals surface area contributed by atoms with Crippen LogP contribution in [0.5, 0.6) is 0 Å². The molecule has 1 amide bonds. The quantitative estimate of drug-likeness (QED) is 0.697. The summed E-state index contributed by atoms with van der Waals surface area (Å²) in [6.07, 6.45) is 4.06. The van der Waals surface area contributed by atoms with Crippen molar-refractivity contribution < 1.29 is 13.6 Å². The first-order chi connectivity index (χ1) is 12.6. The van der Waals surface area contributed by atoms with Crippen molar-refractivity contribution in [3.05, 3.63) is 48.5 Å². The predicted octanol–water partition coefficient (Wildman–Crippen LogP) is 5.23. The van der Waals surface area contributed by atoms with Gasteiger partial charge in [0.15, 0.2) is 0 Å². The Balaban J connectivity index is 1.62. The lowest BCUT2D eigenvalue weighted by Gasteiger charge is -2.11. The molecule has 0 aliphatic heterocycles. The number of nitrogens with one attached hydrogen (secondary N) is 1. The monoisotopic (exact) mass is 355 g/mol. The molecule has 6 heteroatoms. The predicted molar refractivity (Wildman–Crippen MR) is 97.0 cm³/mol. The van der Waals surface area contributed by atoms with E-state index < -0.39 is 6.55 Å². The third kappa shape index (κ3) is 3.07. The molecule has 1 saturated carbocycles. The minimum absolute atomic E-state index is 0.0371. The number of halogens is 2. The Labute approximate surface area is 149 Å². The van der Waals surface area contributed by atoms with E-state index in [1.807, 2.05) is 0 Å². The minimum atomic E-state index is -2.68. The molecule has 1 aliphatic rings. The van der Waals surface area contributed by atoms with Crippen molar-refractivity contribution in [2.45, 2.75) is 32.2 Å². The Morgan fingerprint density at radius 1 is 1.08 bits per heavy atom. The van der Waals surface area contributed by atoms with Crippen molar-refractivity contribution in [2.75, 3.05) is 5.32 Å². The Bertz CT molecular complexity index is 928. The summed E-state index contributed by atoms with van der Waals surface area (Å²) in [6, 6.07) is 13.7. The summed E-state index contributed by atoms with van der Waals surface area (Å²) >= 11 is 0. The van der Waals surface area contributed by atoms with Gasteiger partial charge < -0.3 is 5.32 Å². The topological polar surface area (TPSA) is 46.9 Å². The second-order valence-electron chi connectivity index (χ2n) is 6.62. The summed E-state index contributed by atoms with van der Waals surface area (Å²) in [5.74, 6) is 0.336. The summed E-state index contributed by atoms with van der Waals surface area (Å²) in [5.41, 5.74) is 2.18. The summed E-state index contributed by atoms with van der Waals surface area (Å²) in [5, 5.41) is 2.91. The average molecular weight is 355 g/mol. The number of amides is 1. The molecule has 134 valence electrons. The van der Waals surface area contributed by atoms with Crippen molar-refractivity contribution in [1.29, 1.82) is 0 Å². The van der Waals surface area contributed by atoms with E-state index in [4.69, 9.17) is 0 Å². The van der Waals surface area contributed by atoms with Crippen LogP contribution in [0.3, 0.4) is 0 Å². The molecule has 0 bridgehead atoms. The van der Waals surface area contributed by atoms with Gasteiger partial charge in [-0.15, -0.1) is 0 Å². The Hall–Kier alpha value is -2.76. The molecular weight excluding hydrogens is 336 g/mol. The highest BCUT2D eigenvalue weighted by atomic mass is 19.3. The molecule has 1 N–H and O–H groups in total. The Morgan fingerprint density at radius 3 is 2.46 bits per heavy atom. The Morgan fingerprint density at radius 2 is 1.77 bits per heavy atom. The molecule has 26 heavy (non-hydrogen) atoms. The number of anilines is 1. The van der Waals surface area contributed by atoms with Gasteiger partial charge in [0.25, 0.3) is 0 Å². The number of carbonyl (C=O) groups is 1. The van der Waals surface area contributed by atoms with Crippen molar-refractivity contribution in [1.82, 2.24) is 9.55 Å². The van der Waals surface area contributed by atoms with E-state index >= 15 is 0 Å². The molecule has 0 atom stereocenters. The molecule has 1 fully saturated rings. The summed E-state index contributed by atoms with van der Waals surface area (Å²) in [7, 11) is 0. The largest absolute Gasteiger partial charge is 0.326 e. The van der Waals surface area contributed by atoms with E-state index in [0.717, 1.165) is 30.3 Å². The van der Waals surface area contributed by atoms with Gasteiger partial charge in [0.1, 0.15) is 5.82 Å². The van der Waals surface area contributed by atoms with Crippen LogP contribution in [0.15, 0.2) is 48.5 Å². The van der Waals surface area contributed by atoms with Crippen LogP contribution in [-0.4, -0.2) is 15.5 Å². The van der Waals surface area contributed by atoms with E-state index in [2.05, 4.69) is 10.3 Å². The van der Waals surface area contributed by atoms with Gasteiger partial charge in [-0.2, -0.15) is 8.78 Å². The standard InChI is InChI=1S/C20H19F2N3O/c21-20(22)25-17-8-4-3-7-16(17)24-18(25)13-9-11-15(12-10-13)23-19(26)14-5-1-2-6-14/h3-4,7-12,14,20H,1-2,5-6H2,(H,23,26). The Kier molecular flexibility index (Phi) is 4.41. The molecule has 4 nitrogen and oxygen atoms in total. The first-order valence-corrected chi connectivity index (χ1v) is 8.80. The van der Waals surface area contributed by atoms with Crippen LogP contribution < -0.4 is 5.32 Å². The van der Waals surface area contributed by atoms with Crippen LogP contribution in [0.4, 0.5) is 14.5 Å². The fourth-order valence-corrected chi connectivity index (χ4v) is 3.58. The molecule has 3 aromatic rings. The molecular formula is C20H19F2N3O. The first-order valence-electron chi connectivity index (χ1n) is 8.80. The number of alkyl halides is 2. The molecule has 2 aromatic carbocycles. The highest BCUT2D eigenvalue weighted by Gasteiger charge is 2.23. The smallest absolute Gasteiger partial charge is 0.320 e. The van der Waals surface area contributed by atoms with E-state index in [1.165, 1.54) is 0 Å². The highest BCUT2D eigenvalue weighted by Crippen LogP contribution is 2.31. The number of imidazole rings is 1. The van der Waals surface area contributed by atoms with Crippen molar-refractivity contribution >= 4 is 22.6 Å². The lowest BCUT2D eigenvalue weighted by Crippen LogP contribution is -2.20. The molecule has 0 spiro atoms. The lowest BCUT2D eigenvalue weighted by atomic mass is 10.1. The van der Waals surface area contributed by atoms with Gasteiger partial charge in [-0.25, -0.2) is 4.98 Å². The second kappa shape index (κ2) is 6.86. The van der Waals surface area contributed by atoms with Crippen LogP contribution in [0.1, 0.15) is 32.2 Å². The third-order valence-electron chi connectivity index (χ3n) is 4.93. The van der Waals surface area contributed by atoms with Crippen LogP contribution in [-0.2, 0) is 4.79 Å². The van der Waals surface area contributed by atoms with Gasteiger partial charge in [-0.1, -0.05) is 25.0 Å². The highest BCUT2D eigenvalue weighted by molar-refractivity contribution is 5.93. The van der Waals surface area contributed by atoms with Crippen LogP contribution >= 0.6 is 0 Å². The average Bonchev–Trinajstić information content (AvgIpc) is 3.30. The molecule has 1 aliphatic carbocycles.